The molecular weight excluding hydrogens is 322 g/mol. The maximum Gasteiger partial charge on any atom is 0.254 e. The number of carbonyl (C=O) groups excluding carboxylic acids is 1. The number of aryl methyl sites for hydroxylation is 1. The summed E-state index contributed by atoms with van der Waals surface area (Å²) in [5.41, 5.74) is 2.39. The fraction of sp³-hybridized carbons (Fsp3) is 0.471. The van der Waals surface area contributed by atoms with E-state index in [-0.39, 0.29) is 17.6 Å². The number of ether oxygens (including phenoxy) is 1. The molecule has 25 heavy (non-hydrogen) atoms. The number of hydrogen-bond acceptors (Lipinski definition) is 6. The van der Waals surface area contributed by atoms with Crippen molar-refractivity contribution in [2.24, 2.45) is 0 Å². The van der Waals surface area contributed by atoms with Crippen molar-refractivity contribution in [2.75, 3.05) is 13.2 Å². The van der Waals surface area contributed by atoms with Crippen molar-refractivity contribution in [3.8, 4) is 11.5 Å². The van der Waals surface area contributed by atoms with Crippen LogP contribution in [0.3, 0.4) is 0 Å². The number of hydrogen-bond donors (Lipinski definition) is 1. The van der Waals surface area contributed by atoms with Gasteiger partial charge >= 0.3 is 0 Å². The summed E-state index contributed by atoms with van der Waals surface area (Å²) in [5, 5.41) is 0. The summed E-state index contributed by atoms with van der Waals surface area (Å²) in [5.74, 6) is 0.365. The van der Waals surface area contributed by atoms with Gasteiger partial charge in [-0.25, -0.2) is 9.97 Å². The van der Waals surface area contributed by atoms with Crippen LogP contribution < -0.4 is 5.56 Å². The molecule has 1 atom stereocenters. The van der Waals surface area contributed by atoms with Crippen LogP contribution in [0.5, 0.6) is 0 Å². The maximum absolute atomic E-state index is 12.6. The van der Waals surface area contributed by atoms with Crippen molar-refractivity contribution in [1.29, 1.82) is 0 Å². The number of nitrogens with one attached hydrogen (secondary N) is 1. The molecular formula is C17H19N5O3. The zero-order chi connectivity index (χ0) is 17.4. The molecule has 8 nitrogen and oxygen atoms in total. The van der Waals surface area contributed by atoms with Gasteiger partial charge in [0.2, 0.25) is 0 Å². The van der Waals surface area contributed by atoms with Crippen LogP contribution in [0.15, 0.2) is 17.2 Å². The number of aromatic nitrogens is 4. The van der Waals surface area contributed by atoms with E-state index in [9.17, 15) is 9.59 Å². The van der Waals surface area contributed by atoms with Gasteiger partial charge in [0.05, 0.1) is 24.1 Å². The Labute approximate surface area is 144 Å². The second-order valence-corrected chi connectivity index (χ2v) is 6.39. The normalized spacial score (nSPS) is 19.7. The number of nitrogens with zero attached hydrogens (tertiary/aromatic N) is 4. The molecule has 1 N–H and O–H groups in total. The van der Waals surface area contributed by atoms with Gasteiger partial charge in [0.25, 0.3) is 11.5 Å². The van der Waals surface area contributed by atoms with Crippen LogP contribution in [0.25, 0.3) is 11.5 Å². The first-order valence-electron chi connectivity index (χ1n) is 8.43. The molecule has 4 heterocycles. The maximum atomic E-state index is 12.6. The van der Waals surface area contributed by atoms with Crippen LogP contribution in [-0.4, -0.2) is 50.0 Å². The molecule has 0 bridgehead atoms. The largest absolute Gasteiger partial charge is 0.368 e. The average Bonchev–Trinajstić information content (AvgIpc) is 3.16. The number of fused-ring (bicyclic) bond motifs is 1. The van der Waals surface area contributed by atoms with Crippen LogP contribution in [0, 0.1) is 6.92 Å². The summed E-state index contributed by atoms with van der Waals surface area (Å²) in [6.07, 6.45) is 5.02. The Kier molecular flexibility index (Phi) is 4.04. The van der Waals surface area contributed by atoms with E-state index in [0.29, 0.717) is 48.9 Å². The summed E-state index contributed by atoms with van der Waals surface area (Å²) < 4.78 is 5.49. The van der Waals surface area contributed by atoms with Gasteiger partial charge in [0.1, 0.15) is 11.8 Å². The highest BCUT2D eigenvalue weighted by molar-refractivity contribution is 5.81. The molecule has 4 rings (SSSR count). The molecule has 2 aromatic rings. The van der Waals surface area contributed by atoms with Crippen molar-refractivity contribution in [3.63, 3.8) is 0 Å². The third-order valence-electron chi connectivity index (χ3n) is 4.61. The second kappa shape index (κ2) is 6.36. The van der Waals surface area contributed by atoms with Crippen LogP contribution in [0.4, 0.5) is 0 Å². The van der Waals surface area contributed by atoms with E-state index in [2.05, 4.69) is 19.9 Å². The molecule has 1 fully saturated rings. The molecule has 1 amide bonds. The Bertz CT molecular complexity index is 856. The number of rotatable bonds is 2. The summed E-state index contributed by atoms with van der Waals surface area (Å²) in [7, 11) is 0. The molecule has 1 saturated heterocycles. The first-order valence-corrected chi connectivity index (χ1v) is 8.43. The highest BCUT2D eigenvalue weighted by atomic mass is 16.5. The van der Waals surface area contributed by atoms with Gasteiger partial charge in [-0.1, -0.05) is 0 Å². The molecule has 130 valence electrons. The third kappa shape index (κ3) is 3.05. The molecule has 0 saturated carbocycles. The molecule has 0 aromatic carbocycles. The Morgan fingerprint density at radius 3 is 2.96 bits per heavy atom. The summed E-state index contributed by atoms with van der Waals surface area (Å²) in [6, 6.07) is 0. The van der Waals surface area contributed by atoms with Gasteiger partial charge in [-0.3, -0.25) is 14.6 Å². The highest BCUT2D eigenvalue weighted by Crippen LogP contribution is 2.21. The minimum absolute atomic E-state index is 0.0121. The average molecular weight is 341 g/mol. The predicted octanol–water partition coefficient (Wildman–Crippen LogP) is 0.599. The highest BCUT2D eigenvalue weighted by Gasteiger charge is 2.31. The summed E-state index contributed by atoms with van der Waals surface area (Å²) in [4.78, 5) is 42.4. The van der Waals surface area contributed by atoms with Crippen molar-refractivity contribution in [3.05, 3.63) is 39.7 Å². The lowest BCUT2D eigenvalue weighted by atomic mass is 10.1. The Hall–Kier alpha value is -2.61. The lowest BCUT2D eigenvalue weighted by Crippen LogP contribution is -2.43. The molecule has 2 aromatic heterocycles. The quantitative estimate of drug-likeness (QED) is 0.858. The van der Waals surface area contributed by atoms with Gasteiger partial charge in [-0.2, -0.15) is 0 Å². The van der Waals surface area contributed by atoms with Crippen LogP contribution in [0.2, 0.25) is 0 Å². The SMILES string of the molecule is Cc1cnc(-c2nc3c(c(=O)[nH]2)CCN(C(=O)[C@@H]2CCCO2)C3)cn1. The van der Waals surface area contributed by atoms with E-state index in [1.165, 1.54) is 0 Å². The van der Waals surface area contributed by atoms with Gasteiger partial charge in [-0.05, 0) is 26.2 Å². The van der Waals surface area contributed by atoms with E-state index < -0.39 is 0 Å². The summed E-state index contributed by atoms with van der Waals surface area (Å²) in [6.45, 7) is 3.31. The monoisotopic (exact) mass is 341 g/mol. The molecule has 2 aliphatic heterocycles. The van der Waals surface area contributed by atoms with E-state index in [0.717, 1.165) is 18.5 Å². The van der Waals surface area contributed by atoms with Crippen LogP contribution in [-0.2, 0) is 22.5 Å². The number of aromatic amines is 1. The first-order chi connectivity index (χ1) is 12.1. The van der Waals surface area contributed by atoms with Crippen LogP contribution in [0.1, 0.15) is 29.8 Å². The molecule has 0 radical (unpaired) electrons. The lowest BCUT2D eigenvalue weighted by molar-refractivity contribution is -0.141. The zero-order valence-corrected chi connectivity index (χ0v) is 14.0. The van der Waals surface area contributed by atoms with Gasteiger partial charge in [0.15, 0.2) is 5.82 Å². The van der Waals surface area contributed by atoms with Gasteiger partial charge < -0.3 is 14.6 Å². The smallest absolute Gasteiger partial charge is 0.254 e. The fourth-order valence-electron chi connectivity index (χ4n) is 3.24. The third-order valence-corrected chi connectivity index (χ3v) is 4.61. The minimum Gasteiger partial charge on any atom is -0.368 e. The lowest BCUT2D eigenvalue weighted by Gasteiger charge is -2.29. The standard InChI is InChI=1S/C17H19N5O3/c1-10-7-19-12(8-18-10)15-20-13-9-22(5-4-11(13)16(23)21-15)17(24)14-3-2-6-25-14/h7-8,14H,2-6,9H2,1H3,(H,20,21,23)/t14-/m0/s1. The van der Waals surface area contributed by atoms with Gasteiger partial charge in [-0.15, -0.1) is 0 Å². The van der Waals surface area contributed by atoms with Crippen molar-refractivity contribution >= 4 is 5.91 Å². The van der Waals surface area contributed by atoms with E-state index in [1.54, 1.807) is 17.3 Å². The second-order valence-electron chi connectivity index (χ2n) is 6.39. The fourth-order valence-corrected chi connectivity index (χ4v) is 3.24. The molecule has 0 spiro atoms. The predicted molar refractivity (Wildman–Crippen MR) is 88.7 cm³/mol. The summed E-state index contributed by atoms with van der Waals surface area (Å²) >= 11 is 0. The Morgan fingerprint density at radius 2 is 2.24 bits per heavy atom. The zero-order valence-electron chi connectivity index (χ0n) is 14.0. The minimum atomic E-state index is -0.356. The topological polar surface area (TPSA) is 101 Å². The van der Waals surface area contributed by atoms with E-state index in [4.69, 9.17) is 4.74 Å². The number of carbonyl (C=O) groups is 1. The first kappa shape index (κ1) is 15.9. The van der Waals surface area contributed by atoms with Crippen LogP contribution >= 0.6 is 0 Å². The van der Waals surface area contributed by atoms with Crippen molar-refractivity contribution in [2.45, 2.75) is 38.8 Å². The van der Waals surface area contributed by atoms with Crippen molar-refractivity contribution in [1.82, 2.24) is 24.8 Å². The Balaban J connectivity index is 1.63. The van der Waals surface area contributed by atoms with E-state index in [1.807, 2.05) is 6.92 Å². The molecule has 2 aliphatic rings. The van der Waals surface area contributed by atoms with E-state index >= 15 is 0 Å². The molecule has 0 aliphatic carbocycles. The molecule has 8 heteroatoms. The Morgan fingerprint density at radius 1 is 1.36 bits per heavy atom. The van der Waals surface area contributed by atoms with Gasteiger partial charge in [0, 0.05) is 24.9 Å². The molecule has 0 unspecified atom stereocenters. The van der Waals surface area contributed by atoms with Crippen molar-refractivity contribution < 1.29 is 9.53 Å². The number of H-pyrrole nitrogens is 1. The number of amides is 1.